The molecule has 0 saturated carbocycles. The number of carboxylic acids is 1. The number of hydrogen-bond acceptors (Lipinski definition) is 3. The number of aromatic amines is 1. The fourth-order valence-corrected chi connectivity index (χ4v) is 1.42. The Balaban J connectivity index is 2.76. The van der Waals surface area contributed by atoms with Gasteiger partial charge in [-0.15, -0.1) is 12.6 Å². The van der Waals surface area contributed by atoms with E-state index in [0.717, 1.165) is 5.52 Å². The average Bonchev–Trinajstić information content (AvgIpc) is 2.48. The largest absolute Gasteiger partial charge is 0.478 e. The van der Waals surface area contributed by atoms with Crippen LogP contribution in [0.25, 0.3) is 11.0 Å². The number of nitrogens with one attached hydrogen (secondary N) is 1. The molecule has 0 unspecified atom stereocenters. The van der Waals surface area contributed by atoms with Crippen molar-refractivity contribution in [2.45, 2.75) is 4.90 Å². The van der Waals surface area contributed by atoms with Gasteiger partial charge in [-0.25, -0.2) is 9.78 Å². The van der Waals surface area contributed by atoms with Gasteiger partial charge in [0.1, 0.15) is 0 Å². The summed E-state index contributed by atoms with van der Waals surface area (Å²) >= 11 is 4.05. The van der Waals surface area contributed by atoms with Crippen molar-refractivity contribution in [3.63, 3.8) is 0 Å². The van der Waals surface area contributed by atoms with Crippen LogP contribution in [0.4, 0.5) is 0 Å². The second-order valence-electron chi connectivity index (χ2n) is 2.59. The van der Waals surface area contributed by atoms with Crippen LogP contribution in [-0.2, 0) is 0 Å². The zero-order valence-corrected chi connectivity index (χ0v) is 7.38. The molecule has 5 heteroatoms. The van der Waals surface area contributed by atoms with E-state index in [1.54, 1.807) is 6.07 Å². The van der Waals surface area contributed by atoms with Gasteiger partial charge in [0.25, 0.3) is 0 Å². The molecule has 66 valence electrons. The van der Waals surface area contributed by atoms with Crippen LogP contribution in [0.2, 0.25) is 0 Å². The van der Waals surface area contributed by atoms with E-state index in [9.17, 15) is 4.79 Å². The third-order valence-corrected chi connectivity index (χ3v) is 2.14. The highest BCUT2D eigenvalue weighted by Crippen LogP contribution is 2.20. The Morgan fingerprint density at radius 1 is 1.54 bits per heavy atom. The van der Waals surface area contributed by atoms with Crippen molar-refractivity contribution in [3.05, 3.63) is 24.0 Å². The molecule has 2 rings (SSSR count). The minimum Gasteiger partial charge on any atom is -0.478 e. The maximum Gasteiger partial charge on any atom is 0.336 e. The van der Waals surface area contributed by atoms with Gasteiger partial charge in [0.05, 0.1) is 22.9 Å². The van der Waals surface area contributed by atoms with Crippen LogP contribution in [0.5, 0.6) is 0 Å². The van der Waals surface area contributed by atoms with Crippen molar-refractivity contribution < 1.29 is 9.90 Å². The number of imidazole rings is 1. The Hall–Kier alpha value is -1.49. The summed E-state index contributed by atoms with van der Waals surface area (Å²) in [7, 11) is 0. The number of carboxylic acid groups (broad SMARTS) is 1. The number of aromatic carboxylic acids is 1. The number of benzene rings is 1. The zero-order chi connectivity index (χ0) is 9.42. The van der Waals surface area contributed by atoms with Gasteiger partial charge in [-0.3, -0.25) is 0 Å². The number of nitrogens with zero attached hydrogens (tertiary/aromatic N) is 1. The first kappa shape index (κ1) is 8.12. The van der Waals surface area contributed by atoms with Crippen LogP contribution in [-0.4, -0.2) is 21.0 Å². The van der Waals surface area contributed by atoms with Gasteiger partial charge in [0.15, 0.2) is 0 Å². The molecule has 0 amide bonds. The fourth-order valence-electron chi connectivity index (χ4n) is 1.14. The third kappa shape index (κ3) is 1.27. The standard InChI is InChI=1S/C8H6N2O2S/c11-8(12)4-1-5-6(2-7(4)13)10-3-9-5/h1-3,13H,(H,9,10)(H,11,12). The van der Waals surface area contributed by atoms with Crippen LogP contribution in [0.3, 0.4) is 0 Å². The van der Waals surface area contributed by atoms with Crippen molar-refractivity contribution in [1.29, 1.82) is 0 Å². The second kappa shape index (κ2) is 2.77. The number of hydrogen-bond donors (Lipinski definition) is 3. The molecule has 1 aromatic carbocycles. The molecule has 0 saturated heterocycles. The Kier molecular flexibility index (Phi) is 1.73. The summed E-state index contributed by atoms with van der Waals surface area (Å²) in [5.74, 6) is -0.985. The van der Waals surface area contributed by atoms with Gasteiger partial charge in [0.2, 0.25) is 0 Å². The van der Waals surface area contributed by atoms with E-state index in [2.05, 4.69) is 22.6 Å². The Labute approximate surface area is 79.0 Å². The predicted octanol–water partition coefficient (Wildman–Crippen LogP) is 1.55. The lowest BCUT2D eigenvalue weighted by atomic mass is 10.2. The molecule has 0 fully saturated rings. The van der Waals surface area contributed by atoms with E-state index in [1.807, 2.05) is 0 Å². The van der Waals surface area contributed by atoms with Crippen molar-refractivity contribution in [2.24, 2.45) is 0 Å². The van der Waals surface area contributed by atoms with Gasteiger partial charge in [-0.2, -0.15) is 0 Å². The summed E-state index contributed by atoms with van der Waals surface area (Å²) in [6.45, 7) is 0. The molecule has 0 aliphatic heterocycles. The smallest absolute Gasteiger partial charge is 0.336 e. The molecule has 0 bridgehead atoms. The van der Waals surface area contributed by atoms with Crippen LogP contribution < -0.4 is 0 Å². The number of rotatable bonds is 1. The molecule has 2 aromatic rings. The molecule has 0 atom stereocenters. The number of thiol groups is 1. The van der Waals surface area contributed by atoms with Crippen LogP contribution >= 0.6 is 12.6 Å². The van der Waals surface area contributed by atoms with Crippen molar-refractivity contribution in [2.75, 3.05) is 0 Å². The molecular formula is C8H6N2O2S. The monoisotopic (exact) mass is 194 g/mol. The summed E-state index contributed by atoms with van der Waals surface area (Å²) < 4.78 is 0. The predicted molar refractivity (Wildman–Crippen MR) is 50.3 cm³/mol. The van der Waals surface area contributed by atoms with Gasteiger partial charge in [-0.05, 0) is 12.1 Å². The van der Waals surface area contributed by atoms with Gasteiger partial charge >= 0.3 is 5.97 Å². The van der Waals surface area contributed by atoms with Gasteiger partial charge in [0, 0.05) is 4.90 Å². The number of carbonyl (C=O) groups is 1. The summed E-state index contributed by atoms with van der Waals surface area (Å²) in [6.07, 6.45) is 1.52. The molecule has 1 heterocycles. The van der Waals surface area contributed by atoms with Gasteiger partial charge in [-0.1, -0.05) is 0 Å². The van der Waals surface area contributed by atoms with E-state index in [-0.39, 0.29) is 5.56 Å². The van der Waals surface area contributed by atoms with Gasteiger partial charge < -0.3 is 10.1 Å². The molecule has 4 nitrogen and oxygen atoms in total. The van der Waals surface area contributed by atoms with E-state index in [4.69, 9.17) is 5.11 Å². The minimum atomic E-state index is -0.985. The Bertz CT molecular complexity index is 478. The third-order valence-electron chi connectivity index (χ3n) is 1.77. The lowest BCUT2D eigenvalue weighted by Gasteiger charge is -1.98. The Morgan fingerprint density at radius 3 is 3.00 bits per heavy atom. The van der Waals surface area contributed by atoms with E-state index in [1.165, 1.54) is 12.4 Å². The highest BCUT2D eigenvalue weighted by molar-refractivity contribution is 7.80. The normalized spacial score (nSPS) is 10.5. The lowest BCUT2D eigenvalue weighted by molar-refractivity contribution is 0.0693. The van der Waals surface area contributed by atoms with Crippen LogP contribution in [0.15, 0.2) is 23.4 Å². The molecule has 2 N–H and O–H groups in total. The maximum absolute atomic E-state index is 10.7. The quantitative estimate of drug-likeness (QED) is 0.603. The molecule has 13 heavy (non-hydrogen) atoms. The summed E-state index contributed by atoms with van der Waals surface area (Å²) in [5, 5.41) is 8.78. The number of H-pyrrole nitrogens is 1. The molecule has 0 aliphatic carbocycles. The molecule has 1 aromatic heterocycles. The van der Waals surface area contributed by atoms with Crippen molar-refractivity contribution in [1.82, 2.24) is 9.97 Å². The minimum absolute atomic E-state index is 0.181. The number of aromatic nitrogens is 2. The van der Waals surface area contributed by atoms with Crippen molar-refractivity contribution in [3.8, 4) is 0 Å². The van der Waals surface area contributed by atoms with E-state index in [0.29, 0.717) is 10.4 Å². The van der Waals surface area contributed by atoms with Crippen LogP contribution in [0, 0.1) is 0 Å². The molecule has 0 aliphatic rings. The first-order chi connectivity index (χ1) is 6.18. The maximum atomic E-state index is 10.7. The first-order valence-electron chi connectivity index (χ1n) is 3.58. The van der Waals surface area contributed by atoms with Crippen molar-refractivity contribution >= 4 is 29.6 Å². The Morgan fingerprint density at radius 2 is 2.31 bits per heavy atom. The number of fused-ring (bicyclic) bond motifs is 1. The second-order valence-corrected chi connectivity index (χ2v) is 3.08. The first-order valence-corrected chi connectivity index (χ1v) is 4.02. The molecular weight excluding hydrogens is 188 g/mol. The summed E-state index contributed by atoms with van der Waals surface area (Å²) in [5.41, 5.74) is 1.60. The highest BCUT2D eigenvalue weighted by atomic mass is 32.1. The zero-order valence-electron chi connectivity index (χ0n) is 6.48. The highest BCUT2D eigenvalue weighted by Gasteiger charge is 2.09. The SMILES string of the molecule is O=C(O)c1cc2[nH]cnc2cc1S. The summed E-state index contributed by atoms with van der Waals surface area (Å²) in [4.78, 5) is 17.9. The van der Waals surface area contributed by atoms with Crippen LogP contribution in [0.1, 0.15) is 10.4 Å². The average molecular weight is 194 g/mol. The fraction of sp³-hybridized carbons (Fsp3) is 0. The topological polar surface area (TPSA) is 66.0 Å². The van der Waals surface area contributed by atoms with E-state index < -0.39 is 5.97 Å². The summed E-state index contributed by atoms with van der Waals surface area (Å²) in [6, 6.07) is 3.14. The van der Waals surface area contributed by atoms with E-state index >= 15 is 0 Å². The lowest BCUT2D eigenvalue weighted by Crippen LogP contribution is -1.97. The molecule has 0 spiro atoms. The molecule has 0 radical (unpaired) electrons.